The second kappa shape index (κ2) is 5.30. The molecule has 0 radical (unpaired) electrons. The number of phenols is 1. The highest BCUT2D eigenvalue weighted by molar-refractivity contribution is 5.94. The van der Waals surface area contributed by atoms with E-state index in [-0.39, 0.29) is 12.3 Å². The number of aromatic hydroxyl groups is 1. The molecule has 0 unspecified atom stereocenters. The number of nitrogens with one attached hydrogen (secondary N) is 1. The number of phenolic OH excluding ortho intramolecular Hbond substituents is 1. The molecule has 0 bridgehead atoms. The summed E-state index contributed by atoms with van der Waals surface area (Å²) in [5, 5.41) is 12.4. The molecule has 24 heavy (non-hydrogen) atoms. The first kappa shape index (κ1) is 14.6. The number of carbonyl (C=O) groups excluding carboxylic acids is 1. The Bertz CT molecular complexity index is 954. The molecule has 122 valence electrons. The number of carbonyl (C=O) groups is 1. The Morgan fingerprint density at radius 1 is 1.29 bits per heavy atom. The van der Waals surface area contributed by atoms with Crippen molar-refractivity contribution in [3.8, 4) is 16.9 Å². The van der Waals surface area contributed by atoms with Crippen molar-refractivity contribution in [2.24, 2.45) is 5.92 Å². The fraction of sp³-hybridized carbons (Fsp3) is 0.176. The van der Waals surface area contributed by atoms with Crippen molar-refractivity contribution in [1.82, 2.24) is 9.38 Å². The number of amides is 1. The monoisotopic (exact) mass is 329 g/mol. The number of nitrogens with zero attached hydrogens (tertiary/aromatic N) is 2. The summed E-state index contributed by atoms with van der Waals surface area (Å²) in [6.07, 6.45) is 2.44. The maximum atomic E-state index is 13.5. The third-order valence-corrected chi connectivity index (χ3v) is 4.05. The van der Waals surface area contributed by atoms with Crippen molar-refractivity contribution in [2.75, 3.05) is 5.32 Å². The van der Waals surface area contributed by atoms with Crippen LogP contribution in [0.5, 0.6) is 5.75 Å². The molecule has 0 saturated heterocycles. The molecule has 1 aromatic carbocycles. The normalized spacial score (nSPS) is 19.4. The Balaban J connectivity index is 1.66. The molecule has 1 aliphatic rings. The summed E-state index contributed by atoms with van der Waals surface area (Å²) in [7, 11) is 0. The predicted octanol–water partition coefficient (Wildman–Crippen LogP) is 3.14. The predicted molar refractivity (Wildman–Crippen MR) is 83.9 cm³/mol. The molecule has 1 saturated carbocycles. The maximum absolute atomic E-state index is 13.5. The minimum Gasteiger partial charge on any atom is -0.504 e. The van der Waals surface area contributed by atoms with Crippen LogP contribution in [0.1, 0.15) is 6.42 Å². The number of halogens is 2. The Hall–Kier alpha value is -2.96. The van der Waals surface area contributed by atoms with Gasteiger partial charge in [-0.1, -0.05) is 12.1 Å². The molecule has 2 aromatic heterocycles. The number of anilines is 1. The van der Waals surface area contributed by atoms with E-state index in [9.17, 15) is 18.7 Å². The van der Waals surface area contributed by atoms with Crippen molar-refractivity contribution < 1.29 is 18.7 Å². The zero-order chi connectivity index (χ0) is 16.8. The standard InChI is InChI=1S/C17H13F2N3O2/c18-12-3-1-2-10(16(12)23)9-4-5-15-20-14(8-22(15)7-9)21-17(24)11-6-13(11)19/h1-5,7-8,11,13,23H,6H2,(H,21,24)/t11-,13+/m1/s1. The van der Waals surface area contributed by atoms with Gasteiger partial charge in [-0.2, -0.15) is 0 Å². The third kappa shape index (κ3) is 2.47. The molecule has 4 rings (SSSR count). The van der Waals surface area contributed by atoms with Crippen LogP contribution in [-0.2, 0) is 4.79 Å². The Kier molecular flexibility index (Phi) is 3.23. The smallest absolute Gasteiger partial charge is 0.231 e. The first-order valence-corrected chi connectivity index (χ1v) is 7.44. The average molecular weight is 329 g/mol. The largest absolute Gasteiger partial charge is 0.504 e. The van der Waals surface area contributed by atoms with Crippen LogP contribution in [0.3, 0.4) is 0 Å². The van der Waals surface area contributed by atoms with Gasteiger partial charge in [0, 0.05) is 17.3 Å². The van der Waals surface area contributed by atoms with Gasteiger partial charge in [-0.15, -0.1) is 0 Å². The zero-order valence-corrected chi connectivity index (χ0v) is 12.4. The van der Waals surface area contributed by atoms with Crippen LogP contribution in [0.2, 0.25) is 0 Å². The van der Waals surface area contributed by atoms with Crippen LogP contribution < -0.4 is 5.32 Å². The summed E-state index contributed by atoms with van der Waals surface area (Å²) in [6, 6.07) is 7.68. The zero-order valence-electron chi connectivity index (χ0n) is 12.4. The van der Waals surface area contributed by atoms with E-state index in [2.05, 4.69) is 10.3 Å². The van der Waals surface area contributed by atoms with E-state index in [4.69, 9.17) is 0 Å². The van der Waals surface area contributed by atoms with Crippen LogP contribution in [0, 0.1) is 11.7 Å². The number of imidazole rings is 1. The highest BCUT2D eigenvalue weighted by Gasteiger charge is 2.43. The fourth-order valence-corrected chi connectivity index (χ4v) is 2.61. The van der Waals surface area contributed by atoms with Crippen molar-refractivity contribution in [1.29, 1.82) is 0 Å². The van der Waals surface area contributed by atoms with Crippen molar-refractivity contribution in [2.45, 2.75) is 12.6 Å². The second-order valence-electron chi connectivity index (χ2n) is 5.79. The number of benzene rings is 1. The van der Waals surface area contributed by atoms with E-state index >= 15 is 0 Å². The first-order valence-electron chi connectivity index (χ1n) is 7.44. The number of aromatic nitrogens is 2. The molecule has 7 heteroatoms. The van der Waals surface area contributed by atoms with E-state index in [1.165, 1.54) is 12.1 Å². The SMILES string of the molecule is O=C(Nc1cn2cc(-c3cccc(F)c3O)ccc2n1)[C@@H]1C[C@@H]1F. The van der Waals surface area contributed by atoms with Gasteiger partial charge in [0.15, 0.2) is 17.4 Å². The summed E-state index contributed by atoms with van der Waals surface area (Å²) in [5.74, 6) is -1.77. The quantitative estimate of drug-likeness (QED) is 0.776. The van der Waals surface area contributed by atoms with Crippen molar-refractivity contribution in [3.05, 3.63) is 48.5 Å². The van der Waals surface area contributed by atoms with Gasteiger partial charge in [-0.25, -0.2) is 13.8 Å². The maximum Gasteiger partial charge on any atom is 0.231 e. The number of fused-ring (bicyclic) bond motifs is 1. The summed E-state index contributed by atoms with van der Waals surface area (Å²) in [5.41, 5.74) is 1.52. The van der Waals surface area contributed by atoms with Gasteiger partial charge in [0.2, 0.25) is 5.91 Å². The van der Waals surface area contributed by atoms with Gasteiger partial charge < -0.3 is 14.8 Å². The number of hydrogen-bond acceptors (Lipinski definition) is 3. The molecule has 2 atom stereocenters. The van der Waals surface area contributed by atoms with E-state index in [0.717, 1.165) is 0 Å². The minimum atomic E-state index is -1.07. The highest BCUT2D eigenvalue weighted by atomic mass is 19.1. The number of alkyl halides is 1. The van der Waals surface area contributed by atoms with Gasteiger partial charge in [-0.05, 0) is 24.6 Å². The number of pyridine rings is 1. The highest BCUT2D eigenvalue weighted by Crippen LogP contribution is 2.35. The van der Waals surface area contributed by atoms with Crippen molar-refractivity contribution >= 4 is 17.4 Å². The lowest BCUT2D eigenvalue weighted by atomic mass is 10.1. The van der Waals surface area contributed by atoms with Gasteiger partial charge >= 0.3 is 0 Å². The number of rotatable bonds is 3. The number of para-hydroxylation sites is 1. The van der Waals surface area contributed by atoms with E-state index < -0.39 is 23.7 Å². The molecule has 1 amide bonds. The van der Waals surface area contributed by atoms with Crippen LogP contribution in [0.4, 0.5) is 14.6 Å². The number of hydrogen-bond donors (Lipinski definition) is 2. The van der Waals surface area contributed by atoms with Crippen LogP contribution in [0.15, 0.2) is 42.7 Å². The van der Waals surface area contributed by atoms with Gasteiger partial charge in [-0.3, -0.25) is 4.79 Å². The van der Waals surface area contributed by atoms with Crippen molar-refractivity contribution in [3.63, 3.8) is 0 Å². The second-order valence-corrected chi connectivity index (χ2v) is 5.79. The molecule has 1 fully saturated rings. The van der Waals surface area contributed by atoms with Crippen LogP contribution >= 0.6 is 0 Å². The minimum absolute atomic E-state index is 0.252. The Morgan fingerprint density at radius 3 is 2.83 bits per heavy atom. The molecule has 0 spiro atoms. The Morgan fingerprint density at radius 2 is 2.08 bits per heavy atom. The molecule has 0 aliphatic heterocycles. The molecule has 2 N–H and O–H groups in total. The average Bonchev–Trinajstić information content (AvgIpc) is 3.15. The fourth-order valence-electron chi connectivity index (χ4n) is 2.61. The molecular weight excluding hydrogens is 316 g/mol. The lowest BCUT2D eigenvalue weighted by Crippen LogP contribution is -2.15. The molecule has 1 aliphatic carbocycles. The third-order valence-electron chi connectivity index (χ3n) is 4.05. The van der Waals surface area contributed by atoms with Crippen LogP contribution in [-0.4, -0.2) is 26.6 Å². The topological polar surface area (TPSA) is 66.6 Å². The molecule has 2 heterocycles. The lowest BCUT2D eigenvalue weighted by Gasteiger charge is -2.05. The summed E-state index contributed by atoms with van der Waals surface area (Å²) in [6.45, 7) is 0. The van der Waals surface area contributed by atoms with Gasteiger partial charge in [0.05, 0.1) is 12.1 Å². The van der Waals surface area contributed by atoms with Gasteiger partial charge in [0.25, 0.3) is 0 Å². The Labute approximate surface area is 135 Å². The first-order chi connectivity index (χ1) is 11.5. The van der Waals surface area contributed by atoms with E-state index in [0.29, 0.717) is 22.6 Å². The summed E-state index contributed by atoms with van der Waals surface area (Å²) < 4.78 is 28.0. The molecule has 5 nitrogen and oxygen atoms in total. The molecule has 3 aromatic rings. The van der Waals surface area contributed by atoms with E-state index in [1.807, 2.05) is 0 Å². The summed E-state index contributed by atoms with van der Waals surface area (Å²) in [4.78, 5) is 16.0. The van der Waals surface area contributed by atoms with E-state index in [1.54, 1.807) is 35.0 Å². The van der Waals surface area contributed by atoms with Crippen LogP contribution in [0.25, 0.3) is 16.8 Å². The van der Waals surface area contributed by atoms with Gasteiger partial charge in [0.1, 0.15) is 11.8 Å². The summed E-state index contributed by atoms with van der Waals surface area (Å²) >= 11 is 0. The molecular formula is C17H13F2N3O2. The lowest BCUT2D eigenvalue weighted by molar-refractivity contribution is -0.117.